The van der Waals surface area contributed by atoms with E-state index in [-0.39, 0.29) is 0 Å². The fraction of sp³-hybridized carbons (Fsp3) is 0.500. The van der Waals surface area contributed by atoms with E-state index >= 15 is 0 Å². The highest BCUT2D eigenvalue weighted by atomic mass is 15.4. The maximum atomic E-state index is 5.46. The Kier molecular flexibility index (Phi) is 3.46. The summed E-state index contributed by atoms with van der Waals surface area (Å²) >= 11 is 0. The van der Waals surface area contributed by atoms with Crippen LogP contribution in [0.4, 0.5) is 11.9 Å². The van der Waals surface area contributed by atoms with Crippen molar-refractivity contribution in [2.75, 3.05) is 23.4 Å². The van der Waals surface area contributed by atoms with Crippen molar-refractivity contribution in [1.82, 2.24) is 24.5 Å². The highest BCUT2D eigenvalue weighted by Crippen LogP contribution is 2.18. The second-order valence-corrected chi connectivity index (χ2v) is 4.66. The lowest BCUT2D eigenvalue weighted by atomic mass is 10.4. The Bertz CT molecular complexity index is 587. The third-order valence-corrected chi connectivity index (χ3v) is 3.38. The number of nitrogens with two attached hydrogens (primary N) is 1. The SMILES string of the molecule is CCc1nccn1-c1nc(NN)nc(N2CCCC2)n1. The Morgan fingerprint density at radius 1 is 1.20 bits per heavy atom. The number of nitrogens with zero attached hydrogens (tertiary/aromatic N) is 6. The predicted molar refractivity (Wildman–Crippen MR) is 75.6 cm³/mol. The van der Waals surface area contributed by atoms with Gasteiger partial charge in [0.2, 0.25) is 17.8 Å². The van der Waals surface area contributed by atoms with Gasteiger partial charge in [0.1, 0.15) is 5.82 Å². The molecule has 0 spiro atoms. The molecule has 1 aliphatic rings. The van der Waals surface area contributed by atoms with Crippen LogP contribution in [0.2, 0.25) is 0 Å². The lowest BCUT2D eigenvalue weighted by Gasteiger charge is -2.16. The number of nitrogens with one attached hydrogen (secondary N) is 1. The van der Waals surface area contributed by atoms with E-state index < -0.39 is 0 Å². The molecule has 8 heteroatoms. The Hall–Kier alpha value is -2.22. The third-order valence-electron chi connectivity index (χ3n) is 3.38. The van der Waals surface area contributed by atoms with Crippen molar-refractivity contribution in [3.05, 3.63) is 18.2 Å². The number of anilines is 2. The van der Waals surface area contributed by atoms with E-state index in [0.717, 1.165) is 38.2 Å². The first-order valence-corrected chi connectivity index (χ1v) is 6.82. The quantitative estimate of drug-likeness (QED) is 0.619. The highest BCUT2D eigenvalue weighted by molar-refractivity contribution is 5.40. The second-order valence-electron chi connectivity index (χ2n) is 4.66. The van der Waals surface area contributed by atoms with Gasteiger partial charge in [-0.15, -0.1) is 0 Å². The highest BCUT2D eigenvalue weighted by Gasteiger charge is 2.18. The molecule has 0 radical (unpaired) electrons. The molecule has 106 valence electrons. The van der Waals surface area contributed by atoms with Gasteiger partial charge in [-0.3, -0.25) is 9.99 Å². The molecule has 20 heavy (non-hydrogen) atoms. The summed E-state index contributed by atoms with van der Waals surface area (Å²) in [5.74, 6) is 7.95. The minimum absolute atomic E-state index is 0.368. The zero-order valence-electron chi connectivity index (χ0n) is 11.5. The van der Waals surface area contributed by atoms with Crippen molar-refractivity contribution in [3.63, 3.8) is 0 Å². The van der Waals surface area contributed by atoms with E-state index in [1.165, 1.54) is 0 Å². The van der Waals surface area contributed by atoms with Crippen LogP contribution in [-0.4, -0.2) is 37.6 Å². The van der Waals surface area contributed by atoms with Crippen molar-refractivity contribution >= 4 is 11.9 Å². The zero-order chi connectivity index (χ0) is 13.9. The Morgan fingerprint density at radius 3 is 2.65 bits per heavy atom. The maximum Gasteiger partial charge on any atom is 0.243 e. The van der Waals surface area contributed by atoms with Gasteiger partial charge in [0, 0.05) is 31.9 Å². The van der Waals surface area contributed by atoms with Crippen LogP contribution in [0.25, 0.3) is 5.95 Å². The molecule has 0 atom stereocenters. The zero-order valence-corrected chi connectivity index (χ0v) is 11.5. The molecule has 0 bridgehead atoms. The van der Waals surface area contributed by atoms with Crippen LogP contribution in [0.1, 0.15) is 25.6 Å². The van der Waals surface area contributed by atoms with Crippen molar-refractivity contribution in [1.29, 1.82) is 0 Å². The summed E-state index contributed by atoms with van der Waals surface area (Å²) in [6.45, 7) is 3.99. The molecule has 0 aliphatic carbocycles. The van der Waals surface area contributed by atoms with Gasteiger partial charge in [0.05, 0.1) is 0 Å². The molecule has 3 rings (SSSR count). The number of hydrogen-bond donors (Lipinski definition) is 2. The summed E-state index contributed by atoms with van der Waals surface area (Å²) in [5, 5.41) is 0. The first kappa shape index (κ1) is 12.8. The molecule has 1 aliphatic heterocycles. The predicted octanol–water partition coefficient (Wildman–Crippen LogP) is 0.505. The summed E-state index contributed by atoms with van der Waals surface area (Å²) in [5.41, 5.74) is 2.51. The van der Waals surface area contributed by atoms with Gasteiger partial charge in [-0.05, 0) is 12.8 Å². The molecule has 0 unspecified atom stereocenters. The van der Waals surface area contributed by atoms with Crippen LogP contribution in [0, 0.1) is 0 Å². The van der Waals surface area contributed by atoms with E-state index in [4.69, 9.17) is 5.84 Å². The van der Waals surface area contributed by atoms with Crippen molar-refractivity contribution in [2.24, 2.45) is 5.84 Å². The first-order valence-electron chi connectivity index (χ1n) is 6.82. The topological polar surface area (TPSA) is 97.8 Å². The van der Waals surface area contributed by atoms with Gasteiger partial charge in [-0.1, -0.05) is 6.92 Å². The lowest BCUT2D eigenvalue weighted by Crippen LogP contribution is -2.23. The second kappa shape index (κ2) is 5.41. The minimum Gasteiger partial charge on any atom is -0.341 e. The Morgan fingerprint density at radius 2 is 1.95 bits per heavy atom. The van der Waals surface area contributed by atoms with Crippen LogP contribution >= 0.6 is 0 Å². The molecule has 0 amide bonds. The molecule has 1 saturated heterocycles. The van der Waals surface area contributed by atoms with Gasteiger partial charge < -0.3 is 4.90 Å². The Labute approximate surface area is 117 Å². The number of hydrazine groups is 1. The average Bonchev–Trinajstić information content (AvgIpc) is 3.17. The molecule has 1 fully saturated rings. The third kappa shape index (κ3) is 2.29. The molecular formula is C12H18N8. The molecule has 2 aromatic rings. The lowest BCUT2D eigenvalue weighted by molar-refractivity contribution is 0.802. The maximum absolute atomic E-state index is 5.46. The van der Waals surface area contributed by atoms with E-state index in [2.05, 4.69) is 30.3 Å². The van der Waals surface area contributed by atoms with Crippen LogP contribution in [0.15, 0.2) is 12.4 Å². The van der Waals surface area contributed by atoms with Gasteiger partial charge in [0.25, 0.3) is 0 Å². The van der Waals surface area contributed by atoms with Gasteiger partial charge in [0.15, 0.2) is 0 Å². The Balaban J connectivity index is 2.03. The summed E-state index contributed by atoms with van der Waals surface area (Å²) in [6, 6.07) is 0. The number of imidazole rings is 1. The normalized spacial score (nSPS) is 14.8. The van der Waals surface area contributed by atoms with Crippen molar-refractivity contribution in [2.45, 2.75) is 26.2 Å². The van der Waals surface area contributed by atoms with Gasteiger partial charge in [-0.2, -0.15) is 15.0 Å². The largest absolute Gasteiger partial charge is 0.341 e. The molecule has 3 N–H and O–H groups in total. The van der Waals surface area contributed by atoms with E-state index in [1.807, 2.05) is 17.7 Å². The van der Waals surface area contributed by atoms with Crippen molar-refractivity contribution < 1.29 is 0 Å². The molecular weight excluding hydrogens is 256 g/mol. The van der Waals surface area contributed by atoms with E-state index in [0.29, 0.717) is 17.8 Å². The summed E-state index contributed by atoms with van der Waals surface area (Å²) in [7, 11) is 0. The smallest absolute Gasteiger partial charge is 0.243 e. The van der Waals surface area contributed by atoms with E-state index in [1.54, 1.807) is 6.20 Å². The van der Waals surface area contributed by atoms with E-state index in [9.17, 15) is 0 Å². The average molecular weight is 274 g/mol. The van der Waals surface area contributed by atoms with Crippen LogP contribution < -0.4 is 16.2 Å². The first-order chi connectivity index (χ1) is 9.81. The number of hydrogen-bond acceptors (Lipinski definition) is 7. The van der Waals surface area contributed by atoms with Crippen LogP contribution in [0.5, 0.6) is 0 Å². The van der Waals surface area contributed by atoms with Crippen LogP contribution in [-0.2, 0) is 6.42 Å². The van der Waals surface area contributed by atoms with Gasteiger partial charge in [-0.25, -0.2) is 10.8 Å². The fourth-order valence-electron chi connectivity index (χ4n) is 2.36. The summed E-state index contributed by atoms with van der Waals surface area (Å²) < 4.78 is 1.86. The number of aryl methyl sites for hydroxylation is 1. The summed E-state index contributed by atoms with van der Waals surface area (Å²) in [6.07, 6.45) is 6.73. The number of rotatable bonds is 4. The van der Waals surface area contributed by atoms with Gasteiger partial charge >= 0.3 is 0 Å². The minimum atomic E-state index is 0.368. The molecule has 0 saturated carbocycles. The fourth-order valence-corrected chi connectivity index (χ4v) is 2.36. The molecule has 3 heterocycles. The standard InChI is InChI=1S/C12H18N8/c1-2-9-14-5-8-20(9)12-16-10(18-13)15-11(17-12)19-6-3-4-7-19/h5,8H,2-4,6-7,13H2,1H3,(H,15,16,17,18). The molecule has 8 nitrogen and oxygen atoms in total. The number of aromatic nitrogens is 5. The number of nitrogen functional groups attached to an aromatic ring is 1. The van der Waals surface area contributed by atoms with Crippen LogP contribution in [0.3, 0.4) is 0 Å². The monoisotopic (exact) mass is 274 g/mol. The van der Waals surface area contributed by atoms with Crippen molar-refractivity contribution in [3.8, 4) is 5.95 Å². The molecule has 0 aromatic carbocycles. The molecule has 2 aromatic heterocycles. The summed E-state index contributed by atoms with van der Waals surface area (Å²) in [4.78, 5) is 19.6.